The third-order valence-electron chi connectivity index (χ3n) is 2.94. The Morgan fingerprint density at radius 1 is 1.30 bits per heavy atom. The Hall–Kier alpha value is -1.49. The first-order valence-corrected chi connectivity index (χ1v) is 7.62. The fraction of sp³-hybridized carbons (Fsp3) is 0.467. The van der Waals surface area contributed by atoms with Crippen molar-refractivity contribution in [1.82, 2.24) is 9.97 Å². The van der Waals surface area contributed by atoms with Crippen LogP contribution in [0.2, 0.25) is 0 Å². The minimum Gasteiger partial charge on any atom is -0.468 e. The third kappa shape index (κ3) is 3.33. The molecule has 0 amide bonds. The summed E-state index contributed by atoms with van der Waals surface area (Å²) < 4.78 is 5.37. The topological polar surface area (TPSA) is 51.0 Å². The highest BCUT2D eigenvalue weighted by molar-refractivity contribution is 7.98. The van der Waals surface area contributed by atoms with Crippen LogP contribution in [0.3, 0.4) is 0 Å². The first kappa shape index (κ1) is 14.9. The Bertz CT molecular complexity index is 574. The van der Waals surface area contributed by atoms with E-state index in [1.165, 1.54) is 0 Å². The maximum atomic E-state index is 5.37. The minimum atomic E-state index is -0.0701. The highest BCUT2D eigenvalue weighted by Crippen LogP contribution is 2.30. The molecule has 0 bridgehead atoms. The van der Waals surface area contributed by atoms with Crippen molar-refractivity contribution in [1.29, 1.82) is 0 Å². The summed E-state index contributed by atoms with van der Waals surface area (Å²) in [6.45, 7) is 8.41. The molecule has 0 fully saturated rings. The van der Waals surface area contributed by atoms with Crippen LogP contribution in [0.5, 0.6) is 0 Å². The van der Waals surface area contributed by atoms with Crippen LogP contribution in [0.15, 0.2) is 27.8 Å². The van der Waals surface area contributed by atoms with E-state index >= 15 is 0 Å². The molecule has 0 aliphatic heterocycles. The van der Waals surface area contributed by atoms with E-state index in [0.717, 1.165) is 33.7 Å². The summed E-state index contributed by atoms with van der Waals surface area (Å²) in [5.74, 6) is 3.48. The lowest BCUT2D eigenvalue weighted by atomic mass is 9.95. The van der Waals surface area contributed by atoms with E-state index in [4.69, 9.17) is 9.40 Å². The van der Waals surface area contributed by atoms with Crippen molar-refractivity contribution in [3.8, 4) is 0 Å². The van der Waals surface area contributed by atoms with Crippen LogP contribution in [0.1, 0.15) is 37.9 Å². The molecule has 20 heavy (non-hydrogen) atoms. The molecule has 1 N–H and O–H groups in total. The van der Waals surface area contributed by atoms with Gasteiger partial charge in [0.1, 0.15) is 22.4 Å². The van der Waals surface area contributed by atoms with Crippen molar-refractivity contribution in [3.05, 3.63) is 35.5 Å². The summed E-state index contributed by atoms with van der Waals surface area (Å²) >= 11 is 1.68. The number of hydrogen-bond acceptors (Lipinski definition) is 5. The predicted molar refractivity (Wildman–Crippen MR) is 83.3 cm³/mol. The van der Waals surface area contributed by atoms with Crippen molar-refractivity contribution in [2.75, 3.05) is 12.4 Å². The first-order valence-electron chi connectivity index (χ1n) is 6.64. The predicted octanol–water partition coefficient (Wildman–Crippen LogP) is 4.01. The van der Waals surface area contributed by atoms with Crippen molar-refractivity contribution >= 4 is 17.6 Å². The number of rotatable bonds is 4. The summed E-state index contributed by atoms with van der Waals surface area (Å²) in [5.41, 5.74) is 1.01. The number of nitrogens with zero attached hydrogens (tertiary/aromatic N) is 2. The monoisotopic (exact) mass is 291 g/mol. The Morgan fingerprint density at radius 2 is 2.05 bits per heavy atom. The number of hydrogen-bond donors (Lipinski definition) is 1. The zero-order chi connectivity index (χ0) is 14.8. The fourth-order valence-electron chi connectivity index (χ4n) is 1.75. The van der Waals surface area contributed by atoms with Gasteiger partial charge < -0.3 is 9.73 Å². The van der Waals surface area contributed by atoms with Gasteiger partial charge in [-0.25, -0.2) is 9.97 Å². The van der Waals surface area contributed by atoms with Gasteiger partial charge in [-0.2, -0.15) is 0 Å². The second kappa shape index (κ2) is 5.87. The maximum Gasteiger partial charge on any atom is 0.137 e. The minimum absolute atomic E-state index is 0.0701. The van der Waals surface area contributed by atoms with Crippen molar-refractivity contribution in [3.63, 3.8) is 0 Å². The van der Waals surface area contributed by atoms with Crippen LogP contribution in [0.25, 0.3) is 0 Å². The molecular formula is C15H21N3OS. The van der Waals surface area contributed by atoms with E-state index in [2.05, 4.69) is 31.1 Å². The van der Waals surface area contributed by atoms with Crippen LogP contribution >= 0.6 is 11.8 Å². The van der Waals surface area contributed by atoms with E-state index in [1.807, 2.05) is 26.1 Å². The summed E-state index contributed by atoms with van der Waals surface area (Å²) in [7, 11) is 1.89. The van der Waals surface area contributed by atoms with Gasteiger partial charge >= 0.3 is 0 Å². The van der Waals surface area contributed by atoms with E-state index < -0.39 is 0 Å². The Kier molecular flexibility index (Phi) is 4.38. The van der Waals surface area contributed by atoms with Crippen LogP contribution in [-0.4, -0.2) is 17.0 Å². The zero-order valence-corrected chi connectivity index (χ0v) is 13.5. The lowest BCUT2D eigenvalue weighted by Crippen LogP contribution is -2.18. The number of anilines is 1. The van der Waals surface area contributed by atoms with Gasteiger partial charge in [0.05, 0.1) is 12.0 Å². The average Bonchev–Trinajstić information content (AvgIpc) is 2.89. The highest BCUT2D eigenvalue weighted by atomic mass is 32.2. The molecule has 0 unspecified atom stereocenters. The van der Waals surface area contributed by atoms with E-state index in [0.29, 0.717) is 0 Å². The van der Waals surface area contributed by atoms with E-state index in [-0.39, 0.29) is 5.41 Å². The van der Waals surface area contributed by atoms with Crippen LogP contribution in [-0.2, 0) is 11.2 Å². The Labute approximate surface area is 124 Å². The summed E-state index contributed by atoms with van der Waals surface area (Å²) in [6, 6.07) is 3.88. The molecule has 2 rings (SSSR count). The SMILES string of the molecule is CNc1nc(C(C)(C)C)nc(SCc2ccco2)c1C. The second-order valence-corrected chi connectivity index (χ2v) is 6.66. The average molecular weight is 291 g/mol. The molecule has 2 aromatic rings. The largest absolute Gasteiger partial charge is 0.468 e. The molecule has 5 heteroatoms. The second-order valence-electron chi connectivity index (χ2n) is 5.69. The summed E-state index contributed by atoms with van der Waals surface area (Å²) in [4.78, 5) is 9.33. The molecule has 0 saturated carbocycles. The van der Waals surface area contributed by atoms with E-state index in [1.54, 1.807) is 18.0 Å². The lowest BCUT2D eigenvalue weighted by Gasteiger charge is -2.20. The van der Waals surface area contributed by atoms with Gasteiger partial charge in [0.2, 0.25) is 0 Å². The molecule has 0 aliphatic carbocycles. The summed E-state index contributed by atoms with van der Waals surface area (Å²) in [5, 5.41) is 4.16. The van der Waals surface area contributed by atoms with Gasteiger partial charge in [-0.05, 0) is 19.1 Å². The molecule has 2 aromatic heterocycles. The van der Waals surface area contributed by atoms with Gasteiger partial charge in [0.25, 0.3) is 0 Å². The number of thioether (sulfide) groups is 1. The molecule has 4 nitrogen and oxygen atoms in total. The number of aromatic nitrogens is 2. The quantitative estimate of drug-likeness (QED) is 0.681. The Balaban J connectivity index is 2.30. The molecule has 0 atom stereocenters. The zero-order valence-electron chi connectivity index (χ0n) is 12.7. The van der Waals surface area contributed by atoms with Crippen LogP contribution < -0.4 is 5.32 Å². The Morgan fingerprint density at radius 3 is 2.60 bits per heavy atom. The molecule has 0 spiro atoms. The molecule has 0 aromatic carbocycles. The van der Waals surface area contributed by atoms with Gasteiger partial charge in [-0.1, -0.05) is 32.5 Å². The molecule has 0 radical (unpaired) electrons. The van der Waals surface area contributed by atoms with Crippen LogP contribution in [0.4, 0.5) is 5.82 Å². The molecule has 0 aliphatic rings. The van der Waals surface area contributed by atoms with Gasteiger partial charge in [0, 0.05) is 18.0 Å². The molecule has 2 heterocycles. The van der Waals surface area contributed by atoms with Gasteiger partial charge in [-0.15, -0.1) is 0 Å². The lowest BCUT2D eigenvalue weighted by molar-refractivity contribution is 0.529. The third-order valence-corrected chi connectivity index (χ3v) is 4.04. The standard InChI is InChI=1S/C15H21N3OS/c1-10-12(16-5)17-14(15(2,3)4)18-13(10)20-9-11-7-6-8-19-11/h6-8H,9H2,1-5H3,(H,16,17,18). The van der Waals surface area contributed by atoms with Gasteiger partial charge in [0.15, 0.2) is 0 Å². The first-order chi connectivity index (χ1) is 9.41. The molecule has 0 saturated heterocycles. The highest BCUT2D eigenvalue weighted by Gasteiger charge is 2.21. The van der Waals surface area contributed by atoms with Crippen molar-refractivity contribution in [2.45, 2.75) is 43.9 Å². The van der Waals surface area contributed by atoms with E-state index in [9.17, 15) is 0 Å². The number of nitrogens with one attached hydrogen (secondary N) is 1. The van der Waals surface area contributed by atoms with Crippen LogP contribution in [0, 0.1) is 6.92 Å². The fourth-order valence-corrected chi connectivity index (χ4v) is 2.66. The smallest absolute Gasteiger partial charge is 0.137 e. The van der Waals surface area contributed by atoms with Crippen molar-refractivity contribution in [2.24, 2.45) is 0 Å². The van der Waals surface area contributed by atoms with Crippen molar-refractivity contribution < 1.29 is 4.42 Å². The molecular weight excluding hydrogens is 270 g/mol. The maximum absolute atomic E-state index is 5.37. The molecule has 108 valence electrons. The summed E-state index contributed by atoms with van der Waals surface area (Å²) in [6.07, 6.45) is 1.70. The van der Waals surface area contributed by atoms with Gasteiger partial charge in [-0.3, -0.25) is 0 Å². The number of furan rings is 1. The normalized spacial score (nSPS) is 11.7.